The predicted octanol–water partition coefficient (Wildman–Crippen LogP) is 2.80. The molecule has 1 N–H and O–H groups in total. The first-order chi connectivity index (χ1) is 12.3. The van der Waals surface area contributed by atoms with Gasteiger partial charge < -0.3 is 14.6 Å². The van der Waals surface area contributed by atoms with Crippen molar-refractivity contribution in [2.24, 2.45) is 11.8 Å². The van der Waals surface area contributed by atoms with Gasteiger partial charge in [-0.15, -0.1) is 0 Å². The van der Waals surface area contributed by atoms with Crippen molar-refractivity contribution < 1.29 is 23.4 Å². The summed E-state index contributed by atoms with van der Waals surface area (Å²) in [5, 5.41) is 15.3. The Morgan fingerprint density at radius 2 is 2.19 bits per heavy atom. The van der Waals surface area contributed by atoms with E-state index >= 15 is 0 Å². The lowest BCUT2D eigenvalue weighted by atomic mass is 9.79. The summed E-state index contributed by atoms with van der Waals surface area (Å²) < 4.78 is 39.1. The number of benzene rings is 1. The Kier molecular flexibility index (Phi) is 5.19. The van der Waals surface area contributed by atoms with E-state index in [0.717, 1.165) is 25.0 Å². The van der Waals surface area contributed by atoms with Crippen LogP contribution >= 0.6 is 12.2 Å². The highest BCUT2D eigenvalue weighted by atomic mass is 32.1. The molecule has 0 radical (unpaired) electrons. The monoisotopic (exact) mass is 383 g/mol. The van der Waals surface area contributed by atoms with Crippen LogP contribution in [0.5, 0.6) is 6.01 Å². The van der Waals surface area contributed by atoms with Gasteiger partial charge in [-0.1, -0.05) is 13.0 Å². The third-order valence-corrected chi connectivity index (χ3v) is 5.04. The fourth-order valence-electron chi connectivity index (χ4n) is 3.09. The summed E-state index contributed by atoms with van der Waals surface area (Å²) in [4.78, 5) is 3.94. The van der Waals surface area contributed by atoms with E-state index in [4.69, 9.17) is 21.7 Å². The molecular weight excluding hydrogens is 364 g/mol. The normalized spacial score (nSPS) is 17.4. The molecule has 1 saturated carbocycles. The molecule has 0 saturated heterocycles. The highest BCUT2D eigenvalue weighted by molar-refractivity contribution is 7.79. The quantitative estimate of drug-likeness (QED) is 0.774. The maximum atomic E-state index is 14.5. The van der Waals surface area contributed by atoms with E-state index < -0.39 is 17.2 Å². The maximum Gasteiger partial charge on any atom is 0.360 e. The lowest BCUT2D eigenvalue weighted by Gasteiger charge is -2.35. The van der Waals surface area contributed by atoms with Crippen molar-refractivity contribution >= 4 is 17.5 Å². The van der Waals surface area contributed by atoms with Crippen LogP contribution in [0.4, 0.5) is 8.78 Å². The van der Waals surface area contributed by atoms with Gasteiger partial charge in [0.05, 0.1) is 13.7 Å². The Hall–Kier alpha value is -2.13. The minimum absolute atomic E-state index is 0.00840. The van der Waals surface area contributed by atoms with Crippen molar-refractivity contribution in [2.45, 2.75) is 31.9 Å². The van der Waals surface area contributed by atoms with Crippen molar-refractivity contribution in [3.8, 4) is 6.01 Å². The summed E-state index contributed by atoms with van der Waals surface area (Å²) in [6.45, 7) is 1.71. The standard InChI is InChI=1S/C17H19F2N3O3S/c1-10(11-3-4-11)17(23,13-6-5-12(18)7-14(13)19)8-22-15(20-9-21-22)25-16(26)24-2/h5-7,9-11,23H,3-4,8H2,1-2H3/t10?,17-/m0/s1. The van der Waals surface area contributed by atoms with Crippen LogP contribution in [0.3, 0.4) is 0 Å². The summed E-state index contributed by atoms with van der Waals surface area (Å²) in [5.74, 6) is -1.55. The van der Waals surface area contributed by atoms with Crippen LogP contribution in [0.2, 0.25) is 0 Å². The second-order valence-corrected chi connectivity index (χ2v) is 6.76. The minimum Gasteiger partial charge on any atom is -0.460 e. The van der Waals surface area contributed by atoms with E-state index in [1.165, 1.54) is 24.2 Å². The highest BCUT2D eigenvalue weighted by Gasteiger charge is 2.46. The molecule has 0 spiro atoms. The first kappa shape index (κ1) is 18.7. The van der Waals surface area contributed by atoms with Gasteiger partial charge in [0.15, 0.2) is 0 Å². The molecule has 1 unspecified atom stereocenters. The second-order valence-electron chi connectivity index (χ2n) is 6.43. The van der Waals surface area contributed by atoms with Crippen molar-refractivity contribution in [3.05, 3.63) is 41.7 Å². The molecule has 0 aliphatic heterocycles. The van der Waals surface area contributed by atoms with Crippen LogP contribution in [0.15, 0.2) is 24.5 Å². The number of ether oxygens (including phenoxy) is 2. The zero-order valence-electron chi connectivity index (χ0n) is 14.4. The molecule has 1 aliphatic carbocycles. The summed E-state index contributed by atoms with van der Waals surface area (Å²) in [6.07, 6.45) is 3.12. The molecule has 0 amide bonds. The Labute approximate surface area is 154 Å². The van der Waals surface area contributed by atoms with Gasteiger partial charge in [-0.2, -0.15) is 10.1 Å². The Morgan fingerprint density at radius 3 is 2.81 bits per heavy atom. The van der Waals surface area contributed by atoms with E-state index in [0.29, 0.717) is 0 Å². The molecule has 1 fully saturated rings. The van der Waals surface area contributed by atoms with Crippen molar-refractivity contribution in [1.82, 2.24) is 14.8 Å². The van der Waals surface area contributed by atoms with Gasteiger partial charge in [0, 0.05) is 23.8 Å². The Bertz CT molecular complexity index is 812. The number of hydrogen-bond acceptors (Lipinski definition) is 6. The first-order valence-corrected chi connectivity index (χ1v) is 8.57. The molecule has 1 aromatic heterocycles. The molecule has 2 atom stereocenters. The van der Waals surface area contributed by atoms with Crippen LogP contribution in [0.1, 0.15) is 25.3 Å². The molecule has 9 heteroatoms. The summed E-state index contributed by atoms with van der Waals surface area (Å²) in [7, 11) is 1.35. The summed E-state index contributed by atoms with van der Waals surface area (Å²) in [5.41, 5.74) is -1.62. The molecule has 2 aromatic rings. The van der Waals surface area contributed by atoms with E-state index in [-0.39, 0.29) is 35.2 Å². The van der Waals surface area contributed by atoms with Gasteiger partial charge in [-0.25, -0.2) is 13.5 Å². The fourth-order valence-corrected chi connectivity index (χ4v) is 3.16. The Balaban J connectivity index is 1.97. The van der Waals surface area contributed by atoms with Crippen LogP contribution < -0.4 is 4.74 Å². The molecule has 140 valence electrons. The van der Waals surface area contributed by atoms with Gasteiger partial charge >= 0.3 is 11.2 Å². The van der Waals surface area contributed by atoms with Gasteiger partial charge in [0.25, 0.3) is 0 Å². The number of hydrogen-bond donors (Lipinski definition) is 1. The average Bonchev–Trinajstić information content (AvgIpc) is 3.36. The molecule has 26 heavy (non-hydrogen) atoms. The van der Waals surface area contributed by atoms with E-state index in [1.54, 1.807) is 0 Å². The molecule has 0 bridgehead atoms. The Morgan fingerprint density at radius 1 is 1.46 bits per heavy atom. The van der Waals surface area contributed by atoms with Crippen LogP contribution in [-0.4, -0.2) is 32.2 Å². The van der Waals surface area contributed by atoms with Crippen molar-refractivity contribution in [3.63, 3.8) is 0 Å². The topological polar surface area (TPSA) is 69.4 Å². The molecular formula is C17H19F2N3O3S. The van der Waals surface area contributed by atoms with Crippen LogP contribution in [-0.2, 0) is 16.9 Å². The maximum absolute atomic E-state index is 14.5. The number of rotatable bonds is 6. The summed E-state index contributed by atoms with van der Waals surface area (Å²) in [6, 6.07) is 3.17. The van der Waals surface area contributed by atoms with E-state index in [9.17, 15) is 13.9 Å². The van der Waals surface area contributed by atoms with Crippen LogP contribution in [0.25, 0.3) is 0 Å². The zero-order chi connectivity index (χ0) is 18.9. The fraction of sp³-hybridized carbons (Fsp3) is 0.471. The lowest BCUT2D eigenvalue weighted by molar-refractivity contribution is -0.0482. The SMILES string of the molecule is COC(=S)Oc1ncnn1C[C@@](O)(c1ccc(F)cc1F)C(C)C1CC1. The first-order valence-electron chi connectivity index (χ1n) is 8.16. The molecule has 1 aromatic carbocycles. The molecule has 1 heterocycles. The number of nitrogens with zero attached hydrogens (tertiary/aromatic N) is 3. The molecule has 3 rings (SSSR count). The third kappa shape index (κ3) is 3.68. The molecule has 1 aliphatic rings. The predicted molar refractivity (Wildman–Crippen MR) is 92.4 cm³/mol. The summed E-state index contributed by atoms with van der Waals surface area (Å²) >= 11 is 4.85. The number of aliphatic hydroxyl groups is 1. The zero-order valence-corrected chi connectivity index (χ0v) is 15.2. The minimum atomic E-state index is -1.63. The number of halogens is 2. The van der Waals surface area contributed by atoms with E-state index in [2.05, 4.69) is 10.1 Å². The average molecular weight is 383 g/mol. The van der Waals surface area contributed by atoms with Crippen molar-refractivity contribution in [1.29, 1.82) is 0 Å². The van der Waals surface area contributed by atoms with Crippen LogP contribution in [0, 0.1) is 23.5 Å². The number of methoxy groups -OCH3 is 1. The smallest absolute Gasteiger partial charge is 0.360 e. The highest BCUT2D eigenvalue weighted by Crippen LogP contribution is 2.47. The van der Waals surface area contributed by atoms with Gasteiger partial charge in [-0.05, 0) is 30.7 Å². The second kappa shape index (κ2) is 7.24. The van der Waals surface area contributed by atoms with Gasteiger partial charge in [0.1, 0.15) is 23.6 Å². The van der Waals surface area contributed by atoms with E-state index in [1.807, 2.05) is 6.92 Å². The van der Waals surface area contributed by atoms with Gasteiger partial charge in [0.2, 0.25) is 0 Å². The van der Waals surface area contributed by atoms with Gasteiger partial charge in [-0.3, -0.25) is 0 Å². The largest absolute Gasteiger partial charge is 0.460 e. The number of aromatic nitrogens is 3. The third-order valence-electron chi connectivity index (χ3n) is 4.79. The number of thiocarbonyl (C=S) groups is 1. The van der Waals surface area contributed by atoms with Crippen molar-refractivity contribution in [2.75, 3.05) is 7.11 Å². The molecule has 6 nitrogen and oxygen atoms in total. The lowest BCUT2D eigenvalue weighted by Crippen LogP contribution is -2.40.